The highest BCUT2D eigenvalue weighted by Gasteiger charge is 2.15. The number of rotatable bonds is 7. The molecule has 138 valence electrons. The second-order valence-electron chi connectivity index (χ2n) is 5.81. The van der Waals surface area contributed by atoms with Gasteiger partial charge in [0.05, 0.1) is 35.6 Å². The number of amides is 2. The fraction of sp³-hybridized carbons (Fsp3) is 0.200. The van der Waals surface area contributed by atoms with E-state index in [-0.39, 0.29) is 18.4 Å². The summed E-state index contributed by atoms with van der Waals surface area (Å²) in [4.78, 5) is 33.4. The van der Waals surface area contributed by atoms with Crippen molar-refractivity contribution in [1.29, 1.82) is 0 Å². The van der Waals surface area contributed by atoms with Crippen LogP contribution in [0.1, 0.15) is 10.4 Å². The molecule has 0 aliphatic heterocycles. The zero-order valence-electron chi connectivity index (χ0n) is 14.9. The van der Waals surface area contributed by atoms with Crippen LogP contribution in [0.4, 0.5) is 0 Å². The van der Waals surface area contributed by atoms with E-state index in [1.807, 2.05) is 42.5 Å². The third-order valence-electron chi connectivity index (χ3n) is 3.93. The van der Waals surface area contributed by atoms with E-state index in [0.29, 0.717) is 35.6 Å². The van der Waals surface area contributed by atoms with Gasteiger partial charge in [-0.25, -0.2) is 4.98 Å². The normalized spacial score (nSPS) is 10.6. The molecule has 0 unspecified atom stereocenters. The maximum Gasteiger partial charge on any atom is 0.252 e. The number of fused-ring (bicyclic) bond motifs is 1. The third kappa shape index (κ3) is 4.65. The summed E-state index contributed by atoms with van der Waals surface area (Å²) in [5, 5.41) is 6.04. The topological polar surface area (TPSA) is 93.2 Å². The average Bonchev–Trinajstić information content (AvgIpc) is 2.72. The summed E-state index contributed by atoms with van der Waals surface area (Å²) in [7, 11) is 1.56. The molecule has 0 bridgehead atoms. The first kappa shape index (κ1) is 18.5. The number of nitrogens with one attached hydrogen (secondary N) is 2. The summed E-state index contributed by atoms with van der Waals surface area (Å²) < 4.78 is 4.88. The molecule has 3 rings (SSSR count). The van der Waals surface area contributed by atoms with Crippen molar-refractivity contribution in [1.82, 2.24) is 20.6 Å². The van der Waals surface area contributed by atoms with Crippen molar-refractivity contribution in [3.8, 4) is 11.4 Å². The predicted molar refractivity (Wildman–Crippen MR) is 102 cm³/mol. The number of aromatic nitrogens is 2. The summed E-state index contributed by atoms with van der Waals surface area (Å²) >= 11 is 0. The van der Waals surface area contributed by atoms with Crippen LogP contribution < -0.4 is 10.6 Å². The number of para-hydroxylation sites is 1. The number of hydrogen-bond donors (Lipinski definition) is 2. The van der Waals surface area contributed by atoms with E-state index < -0.39 is 0 Å². The van der Waals surface area contributed by atoms with Gasteiger partial charge in [-0.15, -0.1) is 0 Å². The summed E-state index contributed by atoms with van der Waals surface area (Å²) in [5.41, 5.74) is 2.42. The first-order chi connectivity index (χ1) is 13.2. The quantitative estimate of drug-likeness (QED) is 0.624. The first-order valence-corrected chi connectivity index (χ1v) is 8.54. The maximum absolute atomic E-state index is 12.7. The Morgan fingerprint density at radius 2 is 1.85 bits per heavy atom. The maximum atomic E-state index is 12.7. The first-order valence-electron chi connectivity index (χ1n) is 8.54. The van der Waals surface area contributed by atoms with Crippen LogP contribution in [0.15, 0.2) is 54.7 Å². The van der Waals surface area contributed by atoms with Crippen molar-refractivity contribution in [2.24, 2.45) is 0 Å². The molecular weight excluding hydrogens is 344 g/mol. The Bertz CT molecular complexity index is 944. The Labute approximate surface area is 156 Å². The van der Waals surface area contributed by atoms with E-state index in [4.69, 9.17) is 4.74 Å². The minimum absolute atomic E-state index is 0.113. The molecule has 0 radical (unpaired) electrons. The van der Waals surface area contributed by atoms with Crippen LogP contribution in [0.2, 0.25) is 0 Å². The number of methoxy groups -OCH3 is 1. The van der Waals surface area contributed by atoms with Gasteiger partial charge < -0.3 is 15.4 Å². The number of nitrogens with zero attached hydrogens (tertiary/aromatic N) is 2. The van der Waals surface area contributed by atoms with Crippen LogP contribution in [0.5, 0.6) is 0 Å². The fourth-order valence-electron chi connectivity index (χ4n) is 2.62. The van der Waals surface area contributed by atoms with E-state index in [1.165, 1.54) is 0 Å². The Morgan fingerprint density at radius 1 is 1.04 bits per heavy atom. The molecular formula is C20H20N4O3. The van der Waals surface area contributed by atoms with Crippen LogP contribution in [0.25, 0.3) is 22.3 Å². The summed E-state index contributed by atoms with van der Waals surface area (Å²) in [6.07, 6.45) is 1.68. The minimum atomic E-state index is -0.340. The van der Waals surface area contributed by atoms with Gasteiger partial charge in [0.1, 0.15) is 0 Å². The Kier molecular flexibility index (Phi) is 6.06. The number of pyridine rings is 2. The number of benzene rings is 1. The van der Waals surface area contributed by atoms with Gasteiger partial charge >= 0.3 is 0 Å². The lowest BCUT2D eigenvalue weighted by Gasteiger charge is -2.10. The molecule has 0 fully saturated rings. The van der Waals surface area contributed by atoms with Crippen molar-refractivity contribution in [3.05, 3.63) is 60.3 Å². The van der Waals surface area contributed by atoms with Crippen LogP contribution in [0, 0.1) is 0 Å². The summed E-state index contributed by atoms with van der Waals surface area (Å²) in [5.74, 6) is -0.614. The predicted octanol–water partition coefficient (Wildman–Crippen LogP) is 1.79. The molecule has 0 saturated carbocycles. The van der Waals surface area contributed by atoms with Gasteiger partial charge in [0.25, 0.3) is 5.91 Å². The van der Waals surface area contributed by atoms with Gasteiger partial charge in [0.15, 0.2) is 0 Å². The van der Waals surface area contributed by atoms with Gasteiger partial charge in [0, 0.05) is 25.2 Å². The number of hydrogen-bond acceptors (Lipinski definition) is 5. The van der Waals surface area contributed by atoms with Crippen molar-refractivity contribution in [3.63, 3.8) is 0 Å². The molecule has 0 aliphatic rings. The zero-order chi connectivity index (χ0) is 19.1. The molecule has 2 heterocycles. The molecule has 1 aromatic carbocycles. The minimum Gasteiger partial charge on any atom is -0.383 e. The zero-order valence-corrected chi connectivity index (χ0v) is 14.9. The molecule has 0 aliphatic carbocycles. The smallest absolute Gasteiger partial charge is 0.252 e. The van der Waals surface area contributed by atoms with Crippen molar-refractivity contribution in [2.75, 3.05) is 26.8 Å². The summed E-state index contributed by atoms with van der Waals surface area (Å²) in [6.45, 7) is 0.702. The molecule has 2 aromatic heterocycles. The van der Waals surface area contributed by atoms with Crippen LogP contribution in [0.3, 0.4) is 0 Å². The lowest BCUT2D eigenvalue weighted by atomic mass is 10.1. The van der Waals surface area contributed by atoms with Crippen molar-refractivity contribution in [2.45, 2.75) is 0 Å². The van der Waals surface area contributed by atoms with Gasteiger partial charge in [-0.1, -0.05) is 24.3 Å². The van der Waals surface area contributed by atoms with Crippen LogP contribution >= 0.6 is 0 Å². The lowest BCUT2D eigenvalue weighted by molar-refractivity contribution is -0.120. The Morgan fingerprint density at radius 3 is 2.63 bits per heavy atom. The number of carbonyl (C=O) groups excluding carboxylic acids is 2. The fourth-order valence-corrected chi connectivity index (χ4v) is 2.62. The largest absolute Gasteiger partial charge is 0.383 e. The molecule has 0 saturated heterocycles. The number of ether oxygens (including phenoxy) is 1. The molecule has 27 heavy (non-hydrogen) atoms. The molecule has 3 aromatic rings. The number of carbonyl (C=O) groups is 2. The van der Waals surface area contributed by atoms with Gasteiger partial charge in [0.2, 0.25) is 5.91 Å². The lowest BCUT2D eigenvalue weighted by Crippen LogP contribution is -2.38. The monoisotopic (exact) mass is 364 g/mol. The molecule has 2 amide bonds. The van der Waals surface area contributed by atoms with E-state index in [2.05, 4.69) is 20.6 Å². The summed E-state index contributed by atoms with van der Waals surface area (Å²) in [6, 6.07) is 14.6. The Balaban J connectivity index is 1.84. The van der Waals surface area contributed by atoms with E-state index in [9.17, 15) is 9.59 Å². The third-order valence-corrected chi connectivity index (χ3v) is 3.93. The molecule has 7 heteroatoms. The average molecular weight is 364 g/mol. The van der Waals surface area contributed by atoms with Gasteiger partial charge in [-0.3, -0.25) is 14.6 Å². The van der Waals surface area contributed by atoms with Gasteiger partial charge in [-0.05, 0) is 24.3 Å². The highest BCUT2D eigenvalue weighted by Crippen LogP contribution is 2.23. The second-order valence-corrected chi connectivity index (χ2v) is 5.81. The van der Waals surface area contributed by atoms with Gasteiger partial charge in [-0.2, -0.15) is 0 Å². The highest BCUT2D eigenvalue weighted by molar-refractivity contribution is 6.07. The molecule has 7 nitrogen and oxygen atoms in total. The van der Waals surface area contributed by atoms with E-state index in [1.54, 1.807) is 19.4 Å². The van der Waals surface area contributed by atoms with E-state index in [0.717, 1.165) is 5.39 Å². The van der Waals surface area contributed by atoms with Crippen molar-refractivity contribution >= 4 is 22.7 Å². The standard InChI is InChI=1S/C20H20N4O3/c1-27-11-10-22-19(25)13-23-20(26)15-12-18(17-8-4-5-9-21-17)24-16-7-3-2-6-14(15)16/h2-9,12H,10-11,13H2,1H3,(H,22,25)(H,23,26). The Hall–Kier alpha value is -3.32. The second kappa shape index (κ2) is 8.86. The molecule has 2 N–H and O–H groups in total. The molecule has 0 atom stereocenters. The SMILES string of the molecule is COCCNC(=O)CNC(=O)c1cc(-c2ccccn2)nc2ccccc12. The van der Waals surface area contributed by atoms with E-state index >= 15 is 0 Å². The van der Waals surface area contributed by atoms with Crippen molar-refractivity contribution < 1.29 is 14.3 Å². The van der Waals surface area contributed by atoms with Crippen LogP contribution in [-0.2, 0) is 9.53 Å². The van der Waals surface area contributed by atoms with Crippen LogP contribution in [-0.4, -0.2) is 48.6 Å². The molecule has 0 spiro atoms. The highest BCUT2D eigenvalue weighted by atomic mass is 16.5.